The Morgan fingerprint density at radius 3 is 2.59 bits per heavy atom. The number of carbonyl (C=O) groups excluding carboxylic acids is 2. The molecule has 2 heterocycles. The summed E-state index contributed by atoms with van der Waals surface area (Å²) in [5.41, 5.74) is 0.910. The first-order valence-electron chi connectivity index (χ1n) is 9.40. The van der Waals surface area contributed by atoms with Gasteiger partial charge in [-0.3, -0.25) is 9.59 Å². The van der Waals surface area contributed by atoms with E-state index in [9.17, 15) is 19.8 Å². The van der Waals surface area contributed by atoms with E-state index in [4.69, 9.17) is 16.3 Å². The minimum Gasteiger partial charge on any atom is -0.508 e. The van der Waals surface area contributed by atoms with Gasteiger partial charge in [0.25, 0.3) is 11.7 Å². The number of aliphatic hydroxyl groups excluding tert-OH is 1. The summed E-state index contributed by atoms with van der Waals surface area (Å²) >= 11 is 5.92. The lowest BCUT2D eigenvalue weighted by Gasteiger charge is -2.27. The molecule has 0 unspecified atom stereocenters. The number of benzene rings is 2. The third-order valence-corrected chi connectivity index (χ3v) is 5.52. The van der Waals surface area contributed by atoms with Crippen LogP contribution >= 0.6 is 11.6 Å². The number of carbonyl (C=O) groups is 2. The van der Waals surface area contributed by atoms with Crippen molar-refractivity contribution in [1.82, 2.24) is 4.90 Å². The Morgan fingerprint density at radius 1 is 1.17 bits per heavy atom. The summed E-state index contributed by atoms with van der Waals surface area (Å²) in [6, 6.07) is 11.9. The molecule has 1 amide bonds. The fourth-order valence-electron chi connectivity index (χ4n) is 3.88. The molecule has 0 aliphatic carbocycles. The van der Waals surface area contributed by atoms with Gasteiger partial charge in [-0.15, -0.1) is 0 Å². The van der Waals surface area contributed by atoms with Crippen molar-refractivity contribution in [1.29, 1.82) is 0 Å². The number of ketones is 1. The van der Waals surface area contributed by atoms with Crippen molar-refractivity contribution in [3.8, 4) is 5.75 Å². The van der Waals surface area contributed by atoms with Crippen LogP contribution in [0.15, 0.2) is 54.1 Å². The molecular formula is C22H20ClNO5. The molecular weight excluding hydrogens is 394 g/mol. The third-order valence-electron chi connectivity index (χ3n) is 5.27. The van der Waals surface area contributed by atoms with Gasteiger partial charge in [0.1, 0.15) is 11.5 Å². The van der Waals surface area contributed by atoms with Crippen molar-refractivity contribution >= 4 is 29.1 Å². The molecule has 2 N–H and O–H groups in total. The highest BCUT2D eigenvalue weighted by Crippen LogP contribution is 2.40. The quantitative estimate of drug-likeness (QED) is 0.454. The number of phenols is 1. The summed E-state index contributed by atoms with van der Waals surface area (Å²) in [6.45, 7) is 0.860. The van der Waals surface area contributed by atoms with Gasteiger partial charge in [0.2, 0.25) is 0 Å². The smallest absolute Gasteiger partial charge is 0.295 e. The van der Waals surface area contributed by atoms with Crippen molar-refractivity contribution in [2.24, 2.45) is 0 Å². The highest BCUT2D eigenvalue weighted by molar-refractivity contribution is 6.46. The first-order valence-corrected chi connectivity index (χ1v) is 9.78. The van der Waals surface area contributed by atoms with E-state index >= 15 is 0 Å². The average Bonchev–Trinajstić information content (AvgIpc) is 3.30. The molecule has 2 aliphatic heterocycles. The molecule has 7 heteroatoms. The molecule has 0 spiro atoms. The highest BCUT2D eigenvalue weighted by Gasteiger charge is 2.47. The first-order chi connectivity index (χ1) is 14.0. The maximum atomic E-state index is 12.9. The minimum absolute atomic E-state index is 0.0108. The molecule has 2 saturated heterocycles. The number of ether oxygens (including phenoxy) is 1. The van der Waals surface area contributed by atoms with Gasteiger partial charge in [0.15, 0.2) is 0 Å². The molecule has 2 atom stereocenters. The second kappa shape index (κ2) is 7.89. The van der Waals surface area contributed by atoms with Crippen LogP contribution in [0.1, 0.15) is 30.0 Å². The molecule has 0 radical (unpaired) electrons. The maximum absolute atomic E-state index is 12.9. The standard InChI is InChI=1S/C22H20ClNO5/c23-15-8-6-13(7-9-15)20(26)18-19(14-3-1-4-16(25)11-14)24(22(28)21(18)27)12-17-5-2-10-29-17/h1,3-4,6-9,11,17,19,25-26H,2,5,10,12H2/t17-,19+/m0/s1. The van der Waals surface area contributed by atoms with Gasteiger partial charge in [0.05, 0.1) is 17.7 Å². The average molecular weight is 414 g/mol. The normalized spacial score (nSPS) is 23.7. The van der Waals surface area contributed by atoms with Crippen LogP contribution in [0.5, 0.6) is 5.75 Å². The number of nitrogens with zero attached hydrogens (tertiary/aromatic N) is 1. The van der Waals surface area contributed by atoms with E-state index in [1.165, 1.54) is 17.0 Å². The molecule has 4 rings (SSSR count). The Bertz CT molecular complexity index is 979. The number of Topliss-reactive ketones (excluding diaryl/α,β-unsaturated/α-hetero) is 1. The van der Waals surface area contributed by atoms with Crippen LogP contribution < -0.4 is 0 Å². The van der Waals surface area contributed by atoms with Gasteiger partial charge >= 0.3 is 0 Å². The molecule has 6 nitrogen and oxygen atoms in total. The second-order valence-electron chi connectivity index (χ2n) is 7.19. The van der Waals surface area contributed by atoms with Crippen molar-refractivity contribution in [3.05, 3.63) is 70.3 Å². The van der Waals surface area contributed by atoms with Crippen LogP contribution in [0.2, 0.25) is 5.02 Å². The summed E-state index contributed by atoms with van der Waals surface area (Å²) in [4.78, 5) is 27.2. The van der Waals surface area contributed by atoms with E-state index in [1.807, 2.05) is 0 Å². The fraction of sp³-hybridized carbons (Fsp3) is 0.273. The zero-order valence-corrected chi connectivity index (χ0v) is 16.3. The fourth-order valence-corrected chi connectivity index (χ4v) is 4.01. The lowest BCUT2D eigenvalue weighted by Crippen LogP contribution is -2.36. The SMILES string of the molecule is O=C1C(=O)N(C[C@@H]2CCCO2)[C@H](c2cccc(O)c2)C1=C(O)c1ccc(Cl)cc1. The van der Waals surface area contributed by atoms with Crippen LogP contribution in [-0.2, 0) is 14.3 Å². The Balaban J connectivity index is 1.83. The monoisotopic (exact) mass is 413 g/mol. The number of phenolic OH excluding ortho intramolecular Hbond substituents is 1. The van der Waals surface area contributed by atoms with Gasteiger partial charge < -0.3 is 19.8 Å². The predicted octanol–water partition coefficient (Wildman–Crippen LogP) is 3.65. The molecule has 0 saturated carbocycles. The molecule has 29 heavy (non-hydrogen) atoms. The Kier molecular flexibility index (Phi) is 5.30. The van der Waals surface area contributed by atoms with Crippen molar-refractivity contribution in [2.45, 2.75) is 25.0 Å². The topological polar surface area (TPSA) is 87.1 Å². The summed E-state index contributed by atoms with van der Waals surface area (Å²) in [5, 5.41) is 21.4. The van der Waals surface area contributed by atoms with Crippen LogP contribution in [0.25, 0.3) is 5.76 Å². The summed E-state index contributed by atoms with van der Waals surface area (Å²) < 4.78 is 5.65. The number of aromatic hydroxyl groups is 1. The van der Waals surface area contributed by atoms with E-state index in [2.05, 4.69) is 0 Å². The van der Waals surface area contributed by atoms with Crippen molar-refractivity contribution < 1.29 is 24.5 Å². The number of likely N-dealkylation sites (tertiary alicyclic amines) is 1. The summed E-state index contributed by atoms with van der Waals surface area (Å²) in [5.74, 6) is -1.71. The largest absolute Gasteiger partial charge is 0.508 e. The van der Waals surface area contributed by atoms with Crippen molar-refractivity contribution in [2.75, 3.05) is 13.2 Å². The third kappa shape index (κ3) is 3.73. The second-order valence-corrected chi connectivity index (χ2v) is 7.62. The van der Waals surface area contributed by atoms with Crippen LogP contribution in [0.4, 0.5) is 0 Å². The van der Waals surface area contributed by atoms with E-state index in [-0.39, 0.29) is 29.7 Å². The number of amides is 1. The van der Waals surface area contributed by atoms with Crippen LogP contribution in [0.3, 0.4) is 0 Å². The van der Waals surface area contributed by atoms with Gasteiger partial charge in [-0.05, 0) is 54.8 Å². The molecule has 150 valence electrons. The number of hydrogen-bond donors (Lipinski definition) is 2. The van der Waals surface area contributed by atoms with Gasteiger partial charge in [0, 0.05) is 23.7 Å². The van der Waals surface area contributed by atoms with E-state index in [1.54, 1.807) is 36.4 Å². The van der Waals surface area contributed by atoms with E-state index in [0.717, 1.165) is 12.8 Å². The summed E-state index contributed by atoms with van der Waals surface area (Å²) in [6.07, 6.45) is 1.53. The molecule has 2 aliphatic rings. The molecule has 0 aromatic heterocycles. The van der Waals surface area contributed by atoms with Gasteiger partial charge in [-0.2, -0.15) is 0 Å². The number of rotatable bonds is 4. The van der Waals surface area contributed by atoms with Gasteiger partial charge in [-0.1, -0.05) is 23.7 Å². The van der Waals surface area contributed by atoms with E-state index < -0.39 is 17.7 Å². The Morgan fingerprint density at radius 2 is 1.93 bits per heavy atom. The lowest BCUT2D eigenvalue weighted by molar-refractivity contribution is -0.140. The highest BCUT2D eigenvalue weighted by atomic mass is 35.5. The maximum Gasteiger partial charge on any atom is 0.295 e. The Hall–Kier alpha value is -2.83. The number of halogens is 1. The van der Waals surface area contributed by atoms with E-state index in [0.29, 0.717) is 22.8 Å². The zero-order valence-electron chi connectivity index (χ0n) is 15.5. The lowest BCUT2D eigenvalue weighted by atomic mass is 9.95. The zero-order chi connectivity index (χ0) is 20.5. The molecule has 2 aromatic carbocycles. The molecule has 0 bridgehead atoms. The predicted molar refractivity (Wildman–Crippen MR) is 108 cm³/mol. The van der Waals surface area contributed by atoms with Crippen LogP contribution in [0, 0.1) is 0 Å². The first kappa shape index (κ1) is 19.5. The number of aliphatic hydroxyl groups is 1. The minimum atomic E-state index is -0.818. The number of hydrogen-bond acceptors (Lipinski definition) is 5. The van der Waals surface area contributed by atoms with Gasteiger partial charge in [-0.25, -0.2) is 0 Å². The molecule has 2 aromatic rings. The van der Waals surface area contributed by atoms with Crippen LogP contribution in [-0.4, -0.2) is 46.1 Å². The Labute approximate surface area is 173 Å². The summed E-state index contributed by atoms with van der Waals surface area (Å²) in [7, 11) is 0. The molecule has 2 fully saturated rings. The van der Waals surface area contributed by atoms with Crippen molar-refractivity contribution in [3.63, 3.8) is 0 Å².